The minimum atomic E-state index is -0.972. The summed E-state index contributed by atoms with van der Waals surface area (Å²) < 4.78 is 5.62. The van der Waals surface area contributed by atoms with Crippen molar-refractivity contribution in [2.45, 2.75) is 57.0 Å². The second kappa shape index (κ2) is 9.25. The highest BCUT2D eigenvalue weighted by Crippen LogP contribution is 2.44. The SMILES string of the molecule is CC(C)(CC(=O)O)NC(=O)[C@@H]1CCC[C@@H]1NC(=O)OCC1c2ccccc2-c2ccccc21. The molecule has 2 aliphatic rings. The molecule has 0 bridgehead atoms. The van der Waals surface area contributed by atoms with Crippen molar-refractivity contribution in [3.63, 3.8) is 0 Å². The second-order valence-electron chi connectivity index (χ2n) is 9.56. The maximum atomic E-state index is 12.8. The van der Waals surface area contributed by atoms with E-state index in [9.17, 15) is 14.4 Å². The number of hydrogen-bond donors (Lipinski definition) is 3. The molecule has 2 aromatic rings. The third kappa shape index (κ3) is 5.02. The summed E-state index contributed by atoms with van der Waals surface area (Å²) in [4.78, 5) is 36.5. The summed E-state index contributed by atoms with van der Waals surface area (Å²) in [5.41, 5.74) is 3.76. The third-order valence-corrected chi connectivity index (χ3v) is 6.55. The molecule has 7 heteroatoms. The smallest absolute Gasteiger partial charge is 0.407 e. The number of carboxylic acids is 1. The molecule has 174 valence electrons. The van der Waals surface area contributed by atoms with Crippen LogP contribution in [0.5, 0.6) is 0 Å². The zero-order chi connectivity index (χ0) is 23.6. The predicted octanol–water partition coefficient (Wildman–Crippen LogP) is 4.06. The van der Waals surface area contributed by atoms with Gasteiger partial charge in [0.25, 0.3) is 0 Å². The van der Waals surface area contributed by atoms with Gasteiger partial charge in [-0.1, -0.05) is 55.0 Å². The lowest BCUT2D eigenvalue weighted by atomic mass is 9.96. The van der Waals surface area contributed by atoms with Crippen molar-refractivity contribution in [2.75, 3.05) is 6.61 Å². The Morgan fingerprint density at radius 2 is 1.61 bits per heavy atom. The van der Waals surface area contributed by atoms with Gasteiger partial charge in [-0.15, -0.1) is 0 Å². The molecule has 0 aliphatic heterocycles. The first-order valence-corrected chi connectivity index (χ1v) is 11.4. The van der Waals surface area contributed by atoms with Crippen molar-refractivity contribution in [3.8, 4) is 11.1 Å². The van der Waals surface area contributed by atoms with E-state index in [4.69, 9.17) is 9.84 Å². The Hall–Kier alpha value is -3.35. The number of carboxylic acid groups (broad SMARTS) is 1. The molecule has 7 nitrogen and oxygen atoms in total. The zero-order valence-electron chi connectivity index (χ0n) is 19.0. The largest absolute Gasteiger partial charge is 0.481 e. The molecule has 2 aromatic carbocycles. The van der Waals surface area contributed by atoms with Crippen LogP contribution in [0.2, 0.25) is 0 Å². The normalized spacial score (nSPS) is 19.5. The van der Waals surface area contributed by atoms with E-state index < -0.39 is 23.5 Å². The van der Waals surface area contributed by atoms with Gasteiger partial charge in [0.15, 0.2) is 0 Å². The van der Waals surface area contributed by atoms with Crippen LogP contribution in [0.1, 0.15) is 56.6 Å². The van der Waals surface area contributed by atoms with Crippen LogP contribution in [0.15, 0.2) is 48.5 Å². The molecule has 2 amide bonds. The standard InChI is InChI=1S/C26H30N2O5/c1-26(2,14-23(29)30)28-24(31)20-12-7-13-22(20)27-25(32)33-15-21-18-10-5-3-8-16(18)17-9-4-6-11-19(17)21/h3-6,8-11,20-22H,7,12-15H2,1-2H3,(H,27,32)(H,28,31)(H,29,30)/t20-,22+/m1/s1. The molecule has 4 rings (SSSR count). The highest BCUT2D eigenvalue weighted by Gasteiger charge is 2.37. The number of ether oxygens (including phenoxy) is 1. The molecule has 1 saturated carbocycles. The van der Waals surface area contributed by atoms with Gasteiger partial charge in [-0.2, -0.15) is 0 Å². The molecule has 0 aromatic heterocycles. The molecule has 1 fully saturated rings. The second-order valence-corrected chi connectivity index (χ2v) is 9.56. The van der Waals surface area contributed by atoms with Crippen LogP contribution < -0.4 is 10.6 Å². The van der Waals surface area contributed by atoms with E-state index in [2.05, 4.69) is 34.9 Å². The van der Waals surface area contributed by atoms with Gasteiger partial charge < -0.3 is 20.5 Å². The van der Waals surface area contributed by atoms with Gasteiger partial charge in [-0.25, -0.2) is 4.79 Å². The quantitative estimate of drug-likeness (QED) is 0.590. The van der Waals surface area contributed by atoms with Crippen molar-refractivity contribution in [2.24, 2.45) is 5.92 Å². The monoisotopic (exact) mass is 450 g/mol. The van der Waals surface area contributed by atoms with E-state index in [1.54, 1.807) is 13.8 Å². The average Bonchev–Trinajstić information content (AvgIpc) is 3.33. The van der Waals surface area contributed by atoms with E-state index >= 15 is 0 Å². The Kier molecular flexibility index (Phi) is 6.40. The lowest BCUT2D eigenvalue weighted by molar-refractivity contribution is -0.139. The summed E-state index contributed by atoms with van der Waals surface area (Å²) in [5, 5.41) is 14.7. The highest BCUT2D eigenvalue weighted by molar-refractivity contribution is 5.82. The van der Waals surface area contributed by atoms with Crippen molar-refractivity contribution in [1.82, 2.24) is 10.6 Å². The molecule has 0 spiro atoms. The fourth-order valence-corrected chi connectivity index (χ4v) is 5.09. The number of nitrogens with one attached hydrogen (secondary N) is 2. The number of carbonyl (C=O) groups excluding carboxylic acids is 2. The summed E-state index contributed by atoms with van der Waals surface area (Å²) in [5.74, 6) is -1.64. The van der Waals surface area contributed by atoms with E-state index in [0.29, 0.717) is 12.8 Å². The molecule has 0 radical (unpaired) electrons. The van der Waals surface area contributed by atoms with Crippen LogP contribution in [0.4, 0.5) is 4.79 Å². The fourth-order valence-electron chi connectivity index (χ4n) is 5.09. The van der Waals surface area contributed by atoms with Gasteiger partial charge in [0, 0.05) is 17.5 Å². The number of fused-ring (bicyclic) bond motifs is 3. The number of amides is 2. The summed E-state index contributed by atoms with van der Waals surface area (Å²) in [7, 11) is 0. The van der Waals surface area contributed by atoms with Crippen LogP contribution in [0.25, 0.3) is 11.1 Å². The topological polar surface area (TPSA) is 105 Å². The van der Waals surface area contributed by atoms with Crippen molar-refractivity contribution in [3.05, 3.63) is 59.7 Å². The first-order valence-electron chi connectivity index (χ1n) is 11.4. The van der Waals surface area contributed by atoms with Crippen LogP contribution in [-0.2, 0) is 14.3 Å². The first-order chi connectivity index (χ1) is 15.7. The van der Waals surface area contributed by atoms with Gasteiger partial charge >= 0.3 is 12.1 Å². The highest BCUT2D eigenvalue weighted by atomic mass is 16.5. The molecule has 2 atom stereocenters. The number of carbonyl (C=O) groups is 3. The molecular formula is C26H30N2O5. The maximum Gasteiger partial charge on any atom is 0.407 e. The van der Waals surface area contributed by atoms with E-state index in [-0.39, 0.29) is 30.9 Å². The maximum absolute atomic E-state index is 12.8. The van der Waals surface area contributed by atoms with Crippen molar-refractivity contribution < 1.29 is 24.2 Å². The van der Waals surface area contributed by atoms with Gasteiger partial charge in [0.2, 0.25) is 5.91 Å². The molecular weight excluding hydrogens is 420 g/mol. The molecule has 3 N–H and O–H groups in total. The minimum absolute atomic E-state index is 0.0253. The Morgan fingerprint density at radius 3 is 2.21 bits per heavy atom. The Balaban J connectivity index is 1.36. The predicted molar refractivity (Wildman–Crippen MR) is 124 cm³/mol. The van der Waals surface area contributed by atoms with Gasteiger partial charge in [0.05, 0.1) is 12.3 Å². The average molecular weight is 451 g/mol. The minimum Gasteiger partial charge on any atom is -0.481 e. The van der Waals surface area contributed by atoms with Crippen LogP contribution >= 0.6 is 0 Å². The number of alkyl carbamates (subject to hydrolysis) is 1. The van der Waals surface area contributed by atoms with Crippen LogP contribution in [0, 0.1) is 5.92 Å². The Labute approximate surface area is 193 Å². The van der Waals surface area contributed by atoms with Crippen LogP contribution in [0.3, 0.4) is 0 Å². The van der Waals surface area contributed by atoms with E-state index in [1.165, 1.54) is 11.1 Å². The van der Waals surface area contributed by atoms with Crippen LogP contribution in [-0.4, -0.2) is 41.3 Å². The first kappa shape index (κ1) is 22.8. The van der Waals surface area contributed by atoms with Crippen molar-refractivity contribution >= 4 is 18.0 Å². The van der Waals surface area contributed by atoms with E-state index in [0.717, 1.165) is 17.5 Å². The number of hydrogen-bond acceptors (Lipinski definition) is 4. The number of aliphatic carboxylic acids is 1. The van der Waals surface area contributed by atoms with Gasteiger partial charge in [-0.05, 0) is 48.9 Å². The van der Waals surface area contributed by atoms with Crippen molar-refractivity contribution in [1.29, 1.82) is 0 Å². The lowest BCUT2D eigenvalue weighted by Crippen LogP contribution is -2.51. The number of rotatable bonds is 7. The molecule has 0 unspecified atom stereocenters. The number of benzene rings is 2. The zero-order valence-corrected chi connectivity index (χ0v) is 19.0. The molecule has 0 heterocycles. The Morgan fingerprint density at radius 1 is 1.00 bits per heavy atom. The fraction of sp³-hybridized carbons (Fsp3) is 0.423. The van der Waals surface area contributed by atoms with Gasteiger partial charge in [-0.3, -0.25) is 9.59 Å². The summed E-state index contributed by atoms with van der Waals surface area (Å²) in [6, 6.07) is 16.0. The van der Waals surface area contributed by atoms with E-state index in [1.807, 2.05) is 24.3 Å². The molecule has 2 aliphatic carbocycles. The Bertz CT molecular complexity index is 1020. The third-order valence-electron chi connectivity index (χ3n) is 6.55. The lowest BCUT2D eigenvalue weighted by Gasteiger charge is -2.28. The summed E-state index contributed by atoms with van der Waals surface area (Å²) in [6.07, 6.45) is 1.43. The summed E-state index contributed by atoms with van der Waals surface area (Å²) >= 11 is 0. The summed E-state index contributed by atoms with van der Waals surface area (Å²) in [6.45, 7) is 3.58. The van der Waals surface area contributed by atoms with Gasteiger partial charge in [0.1, 0.15) is 6.61 Å². The molecule has 0 saturated heterocycles. The molecule has 33 heavy (non-hydrogen) atoms.